The molecule has 20 heavy (non-hydrogen) atoms. The van der Waals surface area contributed by atoms with Gasteiger partial charge in [0.15, 0.2) is 0 Å². The second-order valence-electron chi connectivity index (χ2n) is 6.15. The molecule has 1 unspecified atom stereocenters. The van der Waals surface area contributed by atoms with Gasteiger partial charge in [0.1, 0.15) is 0 Å². The van der Waals surface area contributed by atoms with Crippen molar-refractivity contribution in [2.45, 2.75) is 71.5 Å². The van der Waals surface area contributed by atoms with E-state index in [1.165, 1.54) is 42.9 Å². The molecular weight excluding hydrogens is 266 g/mol. The van der Waals surface area contributed by atoms with Gasteiger partial charge in [0, 0.05) is 30.6 Å². The van der Waals surface area contributed by atoms with E-state index in [-0.39, 0.29) is 0 Å². The van der Waals surface area contributed by atoms with Gasteiger partial charge in [-0.25, -0.2) is 4.98 Å². The molecule has 114 valence electrons. The Morgan fingerprint density at radius 1 is 1.45 bits per heavy atom. The molecule has 1 aliphatic heterocycles. The first-order chi connectivity index (χ1) is 9.69. The molecule has 0 amide bonds. The standard InChI is InChI=1S/C16H29N3S/c1-4-7-16-18-15(12-20-16)11-19(13(2)3)10-14-8-5-6-9-17-14/h12-14,17H,4-11H2,1-3H3. The Morgan fingerprint density at radius 3 is 2.95 bits per heavy atom. The summed E-state index contributed by atoms with van der Waals surface area (Å²) >= 11 is 1.82. The molecule has 1 aromatic heterocycles. The highest BCUT2D eigenvalue weighted by atomic mass is 32.1. The van der Waals surface area contributed by atoms with Crippen LogP contribution in [-0.4, -0.2) is 35.1 Å². The lowest BCUT2D eigenvalue weighted by atomic mass is 10.0. The molecule has 1 aromatic rings. The van der Waals surface area contributed by atoms with Crippen LogP contribution in [0.5, 0.6) is 0 Å². The van der Waals surface area contributed by atoms with Crippen molar-refractivity contribution in [3.63, 3.8) is 0 Å². The van der Waals surface area contributed by atoms with E-state index >= 15 is 0 Å². The van der Waals surface area contributed by atoms with Crippen molar-refractivity contribution in [1.82, 2.24) is 15.2 Å². The molecule has 0 spiro atoms. The number of rotatable bonds is 7. The van der Waals surface area contributed by atoms with Gasteiger partial charge in [-0.15, -0.1) is 11.3 Å². The van der Waals surface area contributed by atoms with Crippen molar-refractivity contribution in [3.8, 4) is 0 Å². The molecule has 4 heteroatoms. The van der Waals surface area contributed by atoms with E-state index in [2.05, 4.69) is 36.4 Å². The molecule has 2 rings (SSSR count). The Bertz CT molecular complexity index is 383. The van der Waals surface area contributed by atoms with Crippen LogP contribution in [0.2, 0.25) is 0 Å². The van der Waals surface area contributed by atoms with E-state index in [1.807, 2.05) is 11.3 Å². The van der Waals surface area contributed by atoms with Crippen LogP contribution in [0, 0.1) is 0 Å². The van der Waals surface area contributed by atoms with E-state index in [9.17, 15) is 0 Å². The maximum Gasteiger partial charge on any atom is 0.0928 e. The van der Waals surface area contributed by atoms with E-state index in [0.29, 0.717) is 12.1 Å². The van der Waals surface area contributed by atoms with E-state index in [4.69, 9.17) is 4.98 Å². The van der Waals surface area contributed by atoms with Crippen LogP contribution in [0.4, 0.5) is 0 Å². The van der Waals surface area contributed by atoms with E-state index < -0.39 is 0 Å². The predicted molar refractivity (Wildman–Crippen MR) is 87.3 cm³/mol. The second kappa shape index (κ2) is 8.11. The Balaban J connectivity index is 1.90. The highest BCUT2D eigenvalue weighted by molar-refractivity contribution is 7.09. The van der Waals surface area contributed by atoms with Gasteiger partial charge >= 0.3 is 0 Å². The van der Waals surface area contributed by atoms with Crippen molar-refractivity contribution in [2.75, 3.05) is 13.1 Å². The maximum absolute atomic E-state index is 4.77. The lowest BCUT2D eigenvalue weighted by Crippen LogP contribution is -2.45. The number of hydrogen-bond donors (Lipinski definition) is 1. The minimum atomic E-state index is 0.579. The molecule has 0 aliphatic carbocycles. The maximum atomic E-state index is 4.77. The molecule has 1 fully saturated rings. The molecule has 1 atom stereocenters. The average Bonchev–Trinajstić information content (AvgIpc) is 2.87. The smallest absolute Gasteiger partial charge is 0.0928 e. The van der Waals surface area contributed by atoms with Crippen LogP contribution in [-0.2, 0) is 13.0 Å². The Hall–Kier alpha value is -0.450. The summed E-state index contributed by atoms with van der Waals surface area (Å²) in [4.78, 5) is 7.33. The quantitative estimate of drug-likeness (QED) is 0.835. The fourth-order valence-corrected chi connectivity index (χ4v) is 3.67. The molecule has 2 heterocycles. The van der Waals surface area contributed by atoms with Crippen LogP contribution >= 0.6 is 11.3 Å². The number of nitrogens with one attached hydrogen (secondary N) is 1. The largest absolute Gasteiger partial charge is 0.313 e. The highest BCUT2D eigenvalue weighted by Gasteiger charge is 2.19. The zero-order valence-electron chi connectivity index (χ0n) is 13.2. The lowest BCUT2D eigenvalue weighted by molar-refractivity contribution is 0.175. The summed E-state index contributed by atoms with van der Waals surface area (Å²) in [5.74, 6) is 0. The van der Waals surface area contributed by atoms with Gasteiger partial charge < -0.3 is 5.32 Å². The van der Waals surface area contributed by atoms with Crippen LogP contribution in [0.25, 0.3) is 0 Å². The van der Waals surface area contributed by atoms with Gasteiger partial charge in [-0.2, -0.15) is 0 Å². The first-order valence-corrected chi connectivity index (χ1v) is 8.97. The minimum Gasteiger partial charge on any atom is -0.313 e. The number of thiazole rings is 1. The zero-order valence-corrected chi connectivity index (χ0v) is 14.0. The molecule has 0 radical (unpaired) electrons. The molecule has 3 nitrogen and oxygen atoms in total. The number of hydrogen-bond acceptors (Lipinski definition) is 4. The Kier molecular flexibility index (Phi) is 6.46. The number of piperidine rings is 1. The van der Waals surface area contributed by atoms with Gasteiger partial charge in [-0.1, -0.05) is 13.3 Å². The van der Waals surface area contributed by atoms with Gasteiger partial charge in [-0.05, 0) is 46.1 Å². The first kappa shape index (κ1) is 15.9. The normalized spacial score (nSPS) is 19.9. The van der Waals surface area contributed by atoms with Gasteiger partial charge in [0.05, 0.1) is 10.7 Å². The molecule has 1 saturated heterocycles. The lowest BCUT2D eigenvalue weighted by Gasteiger charge is -2.32. The molecule has 1 N–H and O–H groups in total. The van der Waals surface area contributed by atoms with Gasteiger partial charge in [-0.3, -0.25) is 4.90 Å². The Labute approximate surface area is 127 Å². The van der Waals surface area contributed by atoms with E-state index in [1.54, 1.807) is 0 Å². The van der Waals surface area contributed by atoms with Gasteiger partial charge in [0.2, 0.25) is 0 Å². The number of aryl methyl sites for hydroxylation is 1. The first-order valence-electron chi connectivity index (χ1n) is 8.09. The summed E-state index contributed by atoms with van der Waals surface area (Å²) in [6.07, 6.45) is 6.34. The third-order valence-electron chi connectivity index (χ3n) is 4.03. The predicted octanol–water partition coefficient (Wildman–Crippen LogP) is 3.45. The third-order valence-corrected chi connectivity index (χ3v) is 4.98. The summed E-state index contributed by atoms with van der Waals surface area (Å²) < 4.78 is 0. The second-order valence-corrected chi connectivity index (χ2v) is 7.10. The Morgan fingerprint density at radius 2 is 2.30 bits per heavy atom. The SMILES string of the molecule is CCCc1nc(CN(CC2CCCCN2)C(C)C)cs1. The summed E-state index contributed by atoms with van der Waals surface area (Å²) in [7, 11) is 0. The third kappa shape index (κ3) is 4.83. The molecule has 1 aliphatic rings. The summed E-state index contributed by atoms with van der Waals surface area (Å²) in [6, 6.07) is 1.25. The van der Waals surface area contributed by atoms with Crippen molar-refractivity contribution in [3.05, 3.63) is 16.1 Å². The molecule has 0 saturated carbocycles. The van der Waals surface area contributed by atoms with Crippen LogP contribution < -0.4 is 5.32 Å². The average molecular weight is 295 g/mol. The van der Waals surface area contributed by atoms with Crippen LogP contribution in [0.1, 0.15) is 57.2 Å². The van der Waals surface area contributed by atoms with Crippen LogP contribution in [0.3, 0.4) is 0 Å². The van der Waals surface area contributed by atoms with Crippen molar-refractivity contribution in [1.29, 1.82) is 0 Å². The summed E-state index contributed by atoms with van der Waals surface area (Å²) in [5, 5.41) is 7.19. The zero-order chi connectivity index (χ0) is 14.4. The summed E-state index contributed by atoms with van der Waals surface area (Å²) in [5.41, 5.74) is 1.25. The minimum absolute atomic E-state index is 0.579. The van der Waals surface area contributed by atoms with Crippen molar-refractivity contribution >= 4 is 11.3 Å². The highest BCUT2D eigenvalue weighted by Crippen LogP contribution is 2.16. The summed E-state index contributed by atoms with van der Waals surface area (Å²) in [6.45, 7) is 10.1. The number of nitrogens with zero attached hydrogens (tertiary/aromatic N) is 2. The van der Waals surface area contributed by atoms with Crippen LogP contribution in [0.15, 0.2) is 5.38 Å². The van der Waals surface area contributed by atoms with E-state index in [0.717, 1.165) is 19.5 Å². The van der Waals surface area contributed by atoms with Crippen molar-refractivity contribution in [2.24, 2.45) is 0 Å². The van der Waals surface area contributed by atoms with Gasteiger partial charge in [0.25, 0.3) is 0 Å². The molecule has 0 aromatic carbocycles. The number of aromatic nitrogens is 1. The fourth-order valence-electron chi connectivity index (χ4n) is 2.78. The monoisotopic (exact) mass is 295 g/mol. The fraction of sp³-hybridized carbons (Fsp3) is 0.812. The molecular formula is C16H29N3S. The van der Waals surface area contributed by atoms with Crippen molar-refractivity contribution < 1.29 is 0 Å². The topological polar surface area (TPSA) is 28.2 Å². The molecule has 0 bridgehead atoms.